The van der Waals surface area contributed by atoms with E-state index in [0.717, 1.165) is 24.3 Å². The number of rotatable bonds is 5. The van der Waals surface area contributed by atoms with E-state index in [4.69, 9.17) is 0 Å². The first-order valence-corrected chi connectivity index (χ1v) is 8.39. The topological polar surface area (TPSA) is 87.3 Å². The van der Waals surface area contributed by atoms with Gasteiger partial charge in [0, 0.05) is 18.3 Å². The van der Waals surface area contributed by atoms with Crippen LogP contribution in [0.2, 0.25) is 0 Å². The van der Waals surface area contributed by atoms with Crippen LogP contribution in [-0.2, 0) is 21.0 Å². The molecule has 2 rings (SSSR count). The number of hydrogen-bond donors (Lipinski definition) is 3. The number of hydrogen-bond acceptors (Lipinski definition) is 4. The molecule has 0 aliphatic heterocycles. The van der Waals surface area contributed by atoms with E-state index >= 15 is 0 Å². The van der Waals surface area contributed by atoms with E-state index in [0.29, 0.717) is 5.69 Å². The van der Waals surface area contributed by atoms with Crippen LogP contribution in [0.3, 0.4) is 0 Å². The highest BCUT2D eigenvalue weighted by molar-refractivity contribution is 7.89. The Morgan fingerprint density at radius 1 is 0.920 bits per heavy atom. The molecule has 0 bridgehead atoms. The number of nitrogens with one attached hydrogen (secondary N) is 3. The summed E-state index contributed by atoms with van der Waals surface area (Å²) in [6.07, 6.45) is -4.46. The van der Waals surface area contributed by atoms with Crippen molar-refractivity contribution in [2.45, 2.75) is 18.0 Å². The molecule has 0 aliphatic rings. The maximum Gasteiger partial charge on any atom is 0.416 e. The zero-order chi connectivity index (χ0) is 18.7. The molecule has 0 heterocycles. The molecule has 0 atom stereocenters. The van der Waals surface area contributed by atoms with E-state index < -0.39 is 21.8 Å². The van der Waals surface area contributed by atoms with Gasteiger partial charge in [0.15, 0.2) is 0 Å². The van der Waals surface area contributed by atoms with Gasteiger partial charge in [0.25, 0.3) is 10.0 Å². The van der Waals surface area contributed by atoms with Crippen LogP contribution in [0.1, 0.15) is 12.5 Å². The van der Waals surface area contributed by atoms with Gasteiger partial charge >= 0.3 is 6.18 Å². The van der Waals surface area contributed by atoms with Crippen LogP contribution in [0.5, 0.6) is 0 Å². The fourth-order valence-corrected chi connectivity index (χ4v) is 2.71. The summed E-state index contributed by atoms with van der Waals surface area (Å²) in [5.41, 5.74) is 2.07. The number of alkyl halides is 3. The molecule has 134 valence electrons. The zero-order valence-corrected chi connectivity index (χ0v) is 13.7. The number of sulfonamides is 1. The van der Waals surface area contributed by atoms with Gasteiger partial charge in [-0.3, -0.25) is 4.79 Å². The molecule has 6 nitrogen and oxygen atoms in total. The lowest BCUT2D eigenvalue weighted by atomic mass is 10.2. The molecule has 0 fully saturated rings. The van der Waals surface area contributed by atoms with Gasteiger partial charge in [-0.1, -0.05) is 0 Å². The molecule has 0 aliphatic carbocycles. The average Bonchev–Trinajstić information content (AvgIpc) is 2.52. The summed E-state index contributed by atoms with van der Waals surface area (Å²) in [7, 11) is -3.94. The fraction of sp³-hybridized carbons (Fsp3) is 0.133. The summed E-state index contributed by atoms with van der Waals surface area (Å²) in [5, 5.41) is 2.50. The van der Waals surface area contributed by atoms with Gasteiger partial charge in [0.1, 0.15) is 0 Å². The Bertz CT molecular complexity index is 848. The first kappa shape index (κ1) is 18.7. The lowest BCUT2D eigenvalue weighted by molar-refractivity contribution is -0.137. The molecule has 10 heteroatoms. The first-order chi connectivity index (χ1) is 11.6. The second-order valence-electron chi connectivity index (χ2n) is 5.01. The lowest BCUT2D eigenvalue weighted by Gasteiger charge is -2.11. The summed E-state index contributed by atoms with van der Waals surface area (Å²) in [4.78, 5) is 12.9. The normalized spacial score (nSPS) is 11.8. The van der Waals surface area contributed by atoms with Crippen molar-refractivity contribution >= 4 is 27.3 Å². The molecular weight excluding hydrogens is 359 g/mol. The van der Waals surface area contributed by atoms with Gasteiger partial charge in [-0.2, -0.15) is 13.2 Å². The summed E-state index contributed by atoms with van der Waals surface area (Å²) in [6, 6.07) is 9.25. The number of carbonyl (C=O) groups is 1. The van der Waals surface area contributed by atoms with Crippen molar-refractivity contribution in [3.05, 3.63) is 54.1 Å². The Hall–Kier alpha value is -2.59. The minimum Gasteiger partial charge on any atom is -0.326 e. The van der Waals surface area contributed by atoms with Gasteiger partial charge < -0.3 is 10.7 Å². The minimum atomic E-state index is -4.46. The van der Waals surface area contributed by atoms with Crippen molar-refractivity contribution in [2.24, 2.45) is 0 Å². The standard InChI is InChI=1S/C15H14F3N3O3S/c1-10(22)19-12-6-8-14(9-7-12)25(23,24)21-20-13-4-2-11(3-5-13)15(16,17)18/h2-9,20-21H,1H3,(H,19,22). The van der Waals surface area contributed by atoms with Crippen molar-refractivity contribution in [1.29, 1.82) is 0 Å². The molecule has 1 amide bonds. The third kappa shape index (κ3) is 5.19. The van der Waals surface area contributed by atoms with Crippen LogP contribution in [0.15, 0.2) is 53.4 Å². The third-order valence-electron chi connectivity index (χ3n) is 3.03. The maximum absolute atomic E-state index is 12.5. The van der Waals surface area contributed by atoms with E-state index in [9.17, 15) is 26.4 Å². The smallest absolute Gasteiger partial charge is 0.326 e. The van der Waals surface area contributed by atoms with Gasteiger partial charge in [0.05, 0.1) is 10.5 Å². The van der Waals surface area contributed by atoms with Crippen LogP contribution < -0.4 is 15.6 Å². The van der Waals surface area contributed by atoms with Crippen LogP contribution >= 0.6 is 0 Å². The van der Waals surface area contributed by atoms with Crippen molar-refractivity contribution in [2.75, 3.05) is 10.7 Å². The number of hydrazine groups is 1. The molecule has 0 saturated carbocycles. The second kappa shape index (κ2) is 7.11. The third-order valence-corrected chi connectivity index (χ3v) is 4.29. The Morgan fingerprint density at radius 2 is 1.44 bits per heavy atom. The molecule has 25 heavy (non-hydrogen) atoms. The van der Waals surface area contributed by atoms with Gasteiger partial charge in [-0.25, -0.2) is 8.42 Å². The largest absolute Gasteiger partial charge is 0.416 e. The summed E-state index contributed by atoms with van der Waals surface area (Å²) >= 11 is 0. The van der Waals surface area contributed by atoms with Gasteiger partial charge in [0.2, 0.25) is 5.91 Å². The maximum atomic E-state index is 12.5. The zero-order valence-electron chi connectivity index (χ0n) is 12.9. The Morgan fingerprint density at radius 3 is 1.92 bits per heavy atom. The van der Waals surface area contributed by atoms with Crippen molar-refractivity contribution in [1.82, 2.24) is 4.83 Å². The fourth-order valence-electron chi connectivity index (χ4n) is 1.85. The van der Waals surface area contributed by atoms with Crippen molar-refractivity contribution in [3.8, 4) is 0 Å². The predicted octanol–water partition coefficient (Wildman–Crippen LogP) is 2.97. The average molecular weight is 373 g/mol. The SMILES string of the molecule is CC(=O)Nc1ccc(S(=O)(=O)NNc2ccc(C(F)(F)F)cc2)cc1. The van der Waals surface area contributed by atoms with E-state index in [1.807, 2.05) is 0 Å². The van der Waals surface area contributed by atoms with Crippen LogP contribution in [-0.4, -0.2) is 14.3 Å². The van der Waals surface area contributed by atoms with Crippen LogP contribution in [0.25, 0.3) is 0 Å². The Labute approximate surface area is 142 Å². The number of benzene rings is 2. The molecule has 0 radical (unpaired) electrons. The van der Waals surface area contributed by atoms with E-state index in [2.05, 4.69) is 15.6 Å². The van der Waals surface area contributed by atoms with E-state index in [1.54, 1.807) is 0 Å². The van der Waals surface area contributed by atoms with Crippen LogP contribution in [0, 0.1) is 0 Å². The highest BCUT2D eigenvalue weighted by atomic mass is 32.2. The second-order valence-corrected chi connectivity index (χ2v) is 6.69. The molecule has 2 aromatic rings. The minimum absolute atomic E-state index is 0.0824. The quantitative estimate of drug-likeness (QED) is 0.703. The van der Waals surface area contributed by atoms with Crippen molar-refractivity contribution in [3.63, 3.8) is 0 Å². The highest BCUT2D eigenvalue weighted by Gasteiger charge is 2.29. The summed E-state index contributed by atoms with van der Waals surface area (Å²) in [5.74, 6) is -0.294. The van der Waals surface area contributed by atoms with Gasteiger partial charge in [-0.05, 0) is 48.5 Å². The molecule has 2 aromatic carbocycles. The van der Waals surface area contributed by atoms with Crippen LogP contribution in [0.4, 0.5) is 24.5 Å². The number of amides is 1. The van der Waals surface area contributed by atoms with Gasteiger partial charge in [-0.15, -0.1) is 4.83 Å². The molecule has 0 unspecified atom stereocenters. The first-order valence-electron chi connectivity index (χ1n) is 6.91. The Balaban J connectivity index is 2.05. The Kier molecular flexibility index (Phi) is 5.33. The molecule has 0 saturated heterocycles. The number of halogens is 3. The number of carbonyl (C=O) groups excluding carboxylic acids is 1. The number of anilines is 2. The molecular formula is C15H14F3N3O3S. The molecule has 0 spiro atoms. The van der Waals surface area contributed by atoms with Crippen molar-refractivity contribution < 1.29 is 26.4 Å². The summed E-state index contributed by atoms with van der Waals surface area (Å²) < 4.78 is 61.7. The monoisotopic (exact) mass is 373 g/mol. The highest BCUT2D eigenvalue weighted by Crippen LogP contribution is 2.29. The molecule has 3 N–H and O–H groups in total. The predicted molar refractivity (Wildman–Crippen MR) is 86.1 cm³/mol. The lowest BCUT2D eigenvalue weighted by Crippen LogP contribution is -2.29. The van der Waals surface area contributed by atoms with E-state index in [-0.39, 0.29) is 16.5 Å². The molecule has 0 aromatic heterocycles. The summed E-state index contributed by atoms with van der Waals surface area (Å²) in [6.45, 7) is 1.32. The van der Waals surface area contributed by atoms with E-state index in [1.165, 1.54) is 31.2 Å².